The maximum Gasteiger partial charge on any atom is 0.241 e. The molecule has 1 saturated heterocycles. The first-order valence-corrected chi connectivity index (χ1v) is 7.14. The second-order valence-electron chi connectivity index (χ2n) is 5.88. The van der Waals surface area contributed by atoms with Gasteiger partial charge in [0.25, 0.3) is 0 Å². The number of rotatable bonds is 2. The Bertz CT molecular complexity index is 292. The van der Waals surface area contributed by atoms with E-state index in [0.29, 0.717) is 17.9 Å². The molecule has 1 saturated carbocycles. The summed E-state index contributed by atoms with van der Waals surface area (Å²) in [5, 5.41) is 3.41. The fraction of sp³-hybridized carbons (Fsp3) is 0.929. The zero-order valence-corrected chi connectivity index (χ0v) is 11.6. The third-order valence-corrected chi connectivity index (χ3v) is 4.84. The van der Waals surface area contributed by atoms with Crippen molar-refractivity contribution < 1.29 is 4.79 Å². The average molecular weight is 238 g/mol. The van der Waals surface area contributed by atoms with E-state index in [-0.39, 0.29) is 12.2 Å². The SMILES string of the molecule is CCC1NC(C)N(C2CCCC(C)C2C)C1=O. The molecular formula is C14H26N2O. The summed E-state index contributed by atoms with van der Waals surface area (Å²) in [6, 6.07) is 0.500. The molecule has 5 atom stereocenters. The van der Waals surface area contributed by atoms with Gasteiger partial charge in [-0.1, -0.05) is 33.6 Å². The van der Waals surface area contributed by atoms with Crippen LogP contribution in [0.3, 0.4) is 0 Å². The first-order chi connectivity index (χ1) is 8.06. The largest absolute Gasteiger partial charge is 0.323 e. The van der Waals surface area contributed by atoms with Crippen LogP contribution in [0, 0.1) is 11.8 Å². The van der Waals surface area contributed by atoms with Crippen molar-refractivity contribution in [2.45, 2.75) is 71.6 Å². The molecule has 0 spiro atoms. The van der Waals surface area contributed by atoms with Gasteiger partial charge in [0.1, 0.15) is 0 Å². The lowest BCUT2D eigenvalue weighted by atomic mass is 9.77. The number of hydrogen-bond acceptors (Lipinski definition) is 2. The van der Waals surface area contributed by atoms with Gasteiger partial charge in [-0.15, -0.1) is 0 Å². The summed E-state index contributed by atoms with van der Waals surface area (Å²) in [7, 11) is 0. The maximum absolute atomic E-state index is 12.4. The third kappa shape index (κ3) is 2.22. The van der Waals surface area contributed by atoms with Crippen molar-refractivity contribution in [3.05, 3.63) is 0 Å². The topological polar surface area (TPSA) is 32.3 Å². The summed E-state index contributed by atoms with van der Waals surface area (Å²) >= 11 is 0. The zero-order valence-electron chi connectivity index (χ0n) is 11.6. The van der Waals surface area contributed by atoms with E-state index in [1.54, 1.807) is 0 Å². The molecule has 0 aromatic rings. The Morgan fingerprint density at radius 1 is 1.29 bits per heavy atom. The zero-order chi connectivity index (χ0) is 12.6. The molecular weight excluding hydrogens is 212 g/mol. The Labute approximate surface area is 105 Å². The first kappa shape index (κ1) is 12.9. The van der Waals surface area contributed by atoms with Gasteiger partial charge in [-0.2, -0.15) is 0 Å². The van der Waals surface area contributed by atoms with Crippen molar-refractivity contribution in [1.29, 1.82) is 0 Å². The molecule has 3 nitrogen and oxygen atoms in total. The van der Waals surface area contributed by atoms with Crippen LogP contribution in [0.5, 0.6) is 0 Å². The van der Waals surface area contributed by atoms with E-state index in [2.05, 4.69) is 37.9 Å². The van der Waals surface area contributed by atoms with Crippen LogP contribution in [0.2, 0.25) is 0 Å². The third-order valence-electron chi connectivity index (χ3n) is 4.84. The van der Waals surface area contributed by atoms with Crippen LogP contribution in [0.1, 0.15) is 53.4 Å². The number of amides is 1. The van der Waals surface area contributed by atoms with Crippen molar-refractivity contribution in [3.8, 4) is 0 Å². The molecule has 2 fully saturated rings. The first-order valence-electron chi connectivity index (χ1n) is 7.14. The number of hydrogen-bond donors (Lipinski definition) is 1. The molecule has 0 aromatic carbocycles. The highest BCUT2D eigenvalue weighted by atomic mass is 16.2. The molecule has 17 heavy (non-hydrogen) atoms. The van der Waals surface area contributed by atoms with Crippen molar-refractivity contribution in [1.82, 2.24) is 10.2 Å². The lowest BCUT2D eigenvalue weighted by Crippen LogP contribution is -2.49. The maximum atomic E-state index is 12.4. The monoisotopic (exact) mass is 238 g/mol. The molecule has 1 aliphatic heterocycles. The fourth-order valence-corrected chi connectivity index (χ4v) is 3.50. The fourth-order valence-electron chi connectivity index (χ4n) is 3.50. The van der Waals surface area contributed by atoms with Gasteiger partial charge >= 0.3 is 0 Å². The lowest BCUT2D eigenvalue weighted by Gasteiger charge is -2.41. The minimum Gasteiger partial charge on any atom is -0.323 e. The molecule has 1 N–H and O–H groups in total. The quantitative estimate of drug-likeness (QED) is 0.801. The summed E-state index contributed by atoms with van der Waals surface area (Å²) in [6.45, 7) is 8.85. The molecule has 1 amide bonds. The highest BCUT2D eigenvalue weighted by Crippen LogP contribution is 2.35. The summed E-state index contributed by atoms with van der Waals surface area (Å²) in [5.41, 5.74) is 0. The Kier molecular flexibility index (Phi) is 3.76. The van der Waals surface area contributed by atoms with Gasteiger partial charge in [-0.25, -0.2) is 0 Å². The van der Waals surface area contributed by atoms with Crippen LogP contribution >= 0.6 is 0 Å². The molecule has 0 aromatic heterocycles. The van der Waals surface area contributed by atoms with E-state index in [1.807, 2.05) is 0 Å². The highest BCUT2D eigenvalue weighted by Gasteiger charge is 2.42. The Morgan fingerprint density at radius 3 is 2.59 bits per heavy atom. The van der Waals surface area contributed by atoms with Crippen LogP contribution in [-0.2, 0) is 4.79 Å². The summed E-state index contributed by atoms with van der Waals surface area (Å²) in [4.78, 5) is 14.5. The van der Waals surface area contributed by atoms with Gasteiger partial charge in [0.2, 0.25) is 5.91 Å². The van der Waals surface area contributed by atoms with Gasteiger partial charge < -0.3 is 4.90 Å². The van der Waals surface area contributed by atoms with Gasteiger partial charge in [0, 0.05) is 6.04 Å². The Morgan fingerprint density at radius 2 is 2.00 bits per heavy atom. The molecule has 1 aliphatic carbocycles. The van der Waals surface area contributed by atoms with E-state index < -0.39 is 0 Å². The van der Waals surface area contributed by atoms with E-state index >= 15 is 0 Å². The number of carbonyl (C=O) groups is 1. The lowest BCUT2D eigenvalue weighted by molar-refractivity contribution is -0.134. The average Bonchev–Trinajstić information content (AvgIpc) is 2.58. The van der Waals surface area contributed by atoms with Gasteiger partial charge in [-0.3, -0.25) is 10.1 Å². The van der Waals surface area contributed by atoms with Crippen LogP contribution in [0.15, 0.2) is 0 Å². The molecule has 3 heteroatoms. The smallest absolute Gasteiger partial charge is 0.241 e. The minimum atomic E-state index is 0.0504. The number of nitrogens with one attached hydrogen (secondary N) is 1. The van der Waals surface area contributed by atoms with E-state index in [0.717, 1.165) is 12.3 Å². The van der Waals surface area contributed by atoms with Gasteiger partial charge in [0.05, 0.1) is 12.2 Å². The molecule has 0 radical (unpaired) electrons. The predicted molar refractivity (Wildman–Crippen MR) is 69.5 cm³/mol. The van der Waals surface area contributed by atoms with Gasteiger partial charge in [-0.05, 0) is 31.6 Å². The van der Waals surface area contributed by atoms with Crippen molar-refractivity contribution in [2.75, 3.05) is 0 Å². The highest BCUT2D eigenvalue weighted by molar-refractivity contribution is 5.84. The van der Waals surface area contributed by atoms with E-state index in [4.69, 9.17) is 0 Å². The molecule has 1 heterocycles. The Hall–Kier alpha value is -0.570. The molecule has 2 aliphatic rings. The number of carbonyl (C=O) groups excluding carboxylic acids is 1. The standard InChI is InChI=1S/C14H26N2O/c1-5-12-14(17)16(11(4)15-12)13-8-6-7-9(2)10(13)3/h9-13,15H,5-8H2,1-4H3. The summed E-state index contributed by atoms with van der Waals surface area (Å²) in [6.07, 6.45) is 4.88. The van der Waals surface area contributed by atoms with Crippen molar-refractivity contribution in [2.24, 2.45) is 11.8 Å². The molecule has 98 valence electrons. The van der Waals surface area contributed by atoms with Crippen molar-refractivity contribution >= 4 is 5.91 Å². The summed E-state index contributed by atoms with van der Waals surface area (Å²) in [5.74, 6) is 1.70. The predicted octanol–water partition coefficient (Wildman–Crippen LogP) is 2.37. The Balaban J connectivity index is 2.13. The molecule has 0 bridgehead atoms. The molecule has 2 rings (SSSR count). The normalized spacial score (nSPS) is 43.2. The van der Waals surface area contributed by atoms with E-state index in [1.165, 1.54) is 19.3 Å². The van der Waals surface area contributed by atoms with Crippen molar-refractivity contribution in [3.63, 3.8) is 0 Å². The number of nitrogens with zero attached hydrogens (tertiary/aromatic N) is 1. The molecule has 5 unspecified atom stereocenters. The van der Waals surface area contributed by atoms with E-state index in [9.17, 15) is 4.79 Å². The minimum absolute atomic E-state index is 0.0504. The van der Waals surface area contributed by atoms with Gasteiger partial charge in [0.15, 0.2) is 0 Å². The second-order valence-corrected chi connectivity index (χ2v) is 5.88. The second kappa shape index (κ2) is 4.97. The summed E-state index contributed by atoms with van der Waals surface area (Å²) < 4.78 is 0. The van der Waals surface area contributed by atoms with Crippen LogP contribution < -0.4 is 5.32 Å². The van der Waals surface area contributed by atoms with Crippen LogP contribution in [0.25, 0.3) is 0 Å². The van der Waals surface area contributed by atoms with Crippen LogP contribution in [-0.4, -0.2) is 29.1 Å². The van der Waals surface area contributed by atoms with Crippen LogP contribution in [0.4, 0.5) is 0 Å².